The molecule has 6 heteroatoms. The summed E-state index contributed by atoms with van der Waals surface area (Å²) in [6.45, 7) is 0. The maximum absolute atomic E-state index is 10.8. The van der Waals surface area contributed by atoms with Crippen molar-refractivity contribution in [2.24, 2.45) is 0 Å². The minimum atomic E-state index is -0.495. The summed E-state index contributed by atoms with van der Waals surface area (Å²) in [5.41, 5.74) is 0.786. The van der Waals surface area contributed by atoms with Gasteiger partial charge in [-0.05, 0) is 27.4 Å². The van der Waals surface area contributed by atoms with E-state index in [1.54, 1.807) is 0 Å². The largest absolute Gasteiger partial charge is 0.364 e. The zero-order valence-electron chi connectivity index (χ0n) is 11.4. The number of rotatable bonds is 2. The van der Waals surface area contributed by atoms with Crippen molar-refractivity contribution in [2.75, 3.05) is 0 Å². The summed E-state index contributed by atoms with van der Waals surface area (Å²) in [5.74, 6) is 0.598. The summed E-state index contributed by atoms with van der Waals surface area (Å²) >= 11 is 0. The Morgan fingerprint density at radius 1 is 0.955 bits per heavy atom. The van der Waals surface area contributed by atoms with E-state index in [0.29, 0.717) is 0 Å². The van der Waals surface area contributed by atoms with Crippen LogP contribution in [0.25, 0.3) is 27.5 Å². The predicted molar refractivity (Wildman–Crippen MR) is 83.0 cm³/mol. The van der Waals surface area contributed by atoms with Gasteiger partial charge in [-0.25, -0.2) is 4.98 Å². The van der Waals surface area contributed by atoms with Crippen LogP contribution in [0.1, 0.15) is 0 Å². The molecule has 0 atom stereocenters. The first-order valence-electron chi connectivity index (χ1n) is 6.69. The highest BCUT2D eigenvalue weighted by molar-refractivity contribution is 5.85. The van der Waals surface area contributed by atoms with Gasteiger partial charge in [-0.1, -0.05) is 24.3 Å². The SMILES string of the molecule is O=[N+]([O-])c1cc2ccn(-c3cc4ccccc4cn3)c2cn1. The fraction of sp³-hybridized carbons (Fsp3) is 0. The molecule has 1 aromatic carbocycles. The lowest BCUT2D eigenvalue weighted by molar-refractivity contribution is -0.389. The second kappa shape index (κ2) is 4.63. The van der Waals surface area contributed by atoms with Crippen LogP contribution in [0, 0.1) is 10.1 Å². The molecule has 6 nitrogen and oxygen atoms in total. The van der Waals surface area contributed by atoms with Crippen molar-refractivity contribution in [3.8, 4) is 5.82 Å². The molecule has 0 aliphatic carbocycles. The number of aromatic nitrogens is 3. The van der Waals surface area contributed by atoms with Crippen LogP contribution in [-0.4, -0.2) is 19.5 Å². The highest BCUT2D eigenvalue weighted by Gasteiger charge is 2.12. The van der Waals surface area contributed by atoms with E-state index in [2.05, 4.69) is 9.97 Å². The van der Waals surface area contributed by atoms with Gasteiger partial charge in [0.25, 0.3) is 0 Å². The summed E-state index contributed by atoms with van der Waals surface area (Å²) in [4.78, 5) is 18.6. The van der Waals surface area contributed by atoms with E-state index >= 15 is 0 Å². The lowest BCUT2D eigenvalue weighted by Crippen LogP contribution is -1.97. The number of nitrogens with zero attached hydrogens (tertiary/aromatic N) is 4. The van der Waals surface area contributed by atoms with Gasteiger partial charge in [0.2, 0.25) is 0 Å². The Hall–Kier alpha value is -3.28. The number of pyridine rings is 2. The maximum Gasteiger partial charge on any atom is 0.364 e. The summed E-state index contributed by atoms with van der Waals surface area (Å²) in [5, 5.41) is 13.7. The molecule has 4 rings (SSSR count). The molecule has 0 spiro atoms. The molecule has 0 fully saturated rings. The Bertz CT molecular complexity index is 1020. The lowest BCUT2D eigenvalue weighted by atomic mass is 10.2. The van der Waals surface area contributed by atoms with Crippen LogP contribution in [0.2, 0.25) is 0 Å². The highest BCUT2D eigenvalue weighted by Crippen LogP contribution is 2.23. The molecule has 0 N–H and O–H groups in total. The Kier molecular flexibility index (Phi) is 2.62. The van der Waals surface area contributed by atoms with Crippen molar-refractivity contribution in [3.63, 3.8) is 0 Å². The Morgan fingerprint density at radius 2 is 1.77 bits per heavy atom. The van der Waals surface area contributed by atoms with Gasteiger partial charge in [0.15, 0.2) is 6.20 Å². The number of fused-ring (bicyclic) bond motifs is 2. The lowest BCUT2D eigenvalue weighted by Gasteiger charge is -2.05. The van der Waals surface area contributed by atoms with Gasteiger partial charge < -0.3 is 10.1 Å². The van der Waals surface area contributed by atoms with E-state index in [1.807, 2.05) is 53.4 Å². The summed E-state index contributed by atoms with van der Waals surface area (Å²) in [6.07, 6.45) is 5.16. The number of nitro groups is 1. The Labute approximate surface area is 124 Å². The van der Waals surface area contributed by atoms with Crippen molar-refractivity contribution in [1.29, 1.82) is 0 Å². The van der Waals surface area contributed by atoms with Gasteiger partial charge >= 0.3 is 5.82 Å². The van der Waals surface area contributed by atoms with Crippen LogP contribution in [0.15, 0.2) is 61.1 Å². The van der Waals surface area contributed by atoms with Crippen LogP contribution in [0.3, 0.4) is 0 Å². The van der Waals surface area contributed by atoms with Crippen LogP contribution in [0.4, 0.5) is 5.82 Å². The normalized spacial score (nSPS) is 11.1. The first-order chi connectivity index (χ1) is 10.7. The average molecular weight is 290 g/mol. The van der Waals surface area contributed by atoms with Crippen LogP contribution in [0.5, 0.6) is 0 Å². The van der Waals surface area contributed by atoms with Crippen molar-refractivity contribution >= 4 is 27.5 Å². The van der Waals surface area contributed by atoms with Crippen molar-refractivity contribution in [2.45, 2.75) is 0 Å². The molecule has 3 heterocycles. The first kappa shape index (κ1) is 12.5. The van der Waals surface area contributed by atoms with Crippen molar-refractivity contribution < 1.29 is 4.92 Å². The predicted octanol–water partition coefficient (Wildman–Crippen LogP) is 3.48. The fourth-order valence-corrected chi connectivity index (χ4v) is 2.53. The van der Waals surface area contributed by atoms with Gasteiger partial charge in [-0.3, -0.25) is 4.57 Å². The second-order valence-corrected chi connectivity index (χ2v) is 4.93. The summed E-state index contributed by atoms with van der Waals surface area (Å²) in [6, 6.07) is 13.2. The van der Waals surface area contributed by atoms with Crippen LogP contribution in [-0.2, 0) is 0 Å². The second-order valence-electron chi connectivity index (χ2n) is 4.93. The van der Waals surface area contributed by atoms with E-state index in [0.717, 1.165) is 27.5 Å². The molecule has 4 aromatic rings. The van der Waals surface area contributed by atoms with E-state index in [4.69, 9.17) is 0 Å². The molecule has 0 saturated carbocycles. The Morgan fingerprint density at radius 3 is 2.59 bits per heavy atom. The molecule has 0 saturated heterocycles. The third-order valence-electron chi connectivity index (χ3n) is 3.61. The molecule has 0 radical (unpaired) electrons. The number of benzene rings is 1. The molecule has 0 amide bonds. The minimum Gasteiger partial charge on any atom is -0.358 e. The van der Waals surface area contributed by atoms with E-state index in [9.17, 15) is 10.1 Å². The molecule has 3 aromatic heterocycles. The third-order valence-corrected chi connectivity index (χ3v) is 3.61. The quantitative estimate of drug-likeness (QED) is 0.418. The van der Waals surface area contributed by atoms with Crippen LogP contribution >= 0.6 is 0 Å². The average Bonchev–Trinajstić information content (AvgIpc) is 2.97. The zero-order valence-corrected chi connectivity index (χ0v) is 11.4. The highest BCUT2D eigenvalue weighted by atomic mass is 16.6. The van der Waals surface area contributed by atoms with Gasteiger partial charge in [0.1, 0.15) is 5.82 Å². The number of hydrogen-bond donors (Lipinski definition) is 0. The molecule has 22 heavy (non-hydrogen) atoms. The van der Waals surface area contributed by atoms with Gasteiger partial charge in [-0.15, -0.1) is 0 Å². The summed E-state index contributed by atoms with van der Waals surface area (Å²) in [7, 11) is 0. The van der Waals surface area contributed by atoms with Gasteiger partial charge in [0, 0.05) is 29.2 Å². The first-order valence-corrected chi connectivity index (χ1v) is 6.69. The Balaban J connectivity index is 1.90. The monoisotopic (exact) mass is 290 g/mol. The standard InChI is InChI=1S/C16H10N4O2/c21-20(22)16-8-12-5-6-19(14(12)10-18-16)15-7-11-3-1-2-4-13(11)9-17-15/h1-10H. The topological polar surface area (TPSA) is 73.8 Å². The molecular weight excluding hydrogens is 280 g/mol. The van der Waals surface area contributed by atoms with E-state index < -0.39 is 4.92 Å². The molecule has 0 aliphatic rings. The van der Waals surface area contributed by atoms with Gasteiger partial charge in [-0.2, -0.15) is 0 Å². The maximum atomic E-state index is 10.8. The summed E-state index contributed by atoms with van der Waals surface area (Å²) < 4.78 is 1.87. The molecule has 0 bridgehead atoms. The van der Waals surface area contributed by atoms with Crippen molar-refractivity contribution in [3.05, 3.63) is 71.2 Å². The third kappa shape index (κ3) is 1.89. The molecule has 0 aliphatic heterocycles. The zero-order chi connectivity index (χ0) is 15.1. The van der Waals surface area contributed by atoms with E-state index in [1.165, 1.54) is 12.3 Å². The van der Waals surface area contributed by atoms with Crippen LogP contribution < -0.4 is 0 Å². The molecular formula is C16H10N4O2. The van der Waals surface area contributed by atoms with Crippen molar-refractivity contribution in [1.82, 2.24) is 14.5 Å². The molecule has 0 unspecified atom stereocenters. The van der Waals surface area contributed by atoms with E-state index in [-0.39, 0.29) is 5.82 Å². The fourth-order valence-electron chi connectivity index (χ4n) is 2.53. The molecule has 106 valence electrons. The smallest absolute Gasteiger partial charge is 0.358 e. The minimum absolute atomic E-state index is 0.156. The van der Waals surface area contributed by atoms with Gasteiger partial charge in [0.05, 0.1) is 5.52 Å². The number of hydrogen-bond acceptors (Lipinski definition) is 4.